The highest BCUT2D eigenvalue weighted by Gasteiger charge is 2.14. The van der Waals surface area contributed by atoms with Crippen LogP contribution in [0, 0.1) is 0 Å². The number of nitrogens with one attached hydrogen (secondary N) is 1. The van der Waals surface area contributed by atoms with E-state index in [0.29, 0.717) is 6.04 Å². The first-order valence-electron chi connectivity index (χ1n) is 7.93. The van der Waals surface area contributed by atoms with Crippen LogP contribution < -0.4 is 5.32 Å². The Morgan fingerprint density at radius 2 is 1.86 bits per heavy atom. The molecule has 0 saturated carbocycles. The number of carbonyl (C=O) groups excluding carboxylic acids is 1. The second-order valence-corrected chi connectivity index (χ2v) is 5.97. The van der Waals surface area contributed by atoms with Gasteiger partial charge in [0.25, 0.3) is 0 Å². The van der Waals surface area contributed by atoms with Gasteiger partial charge in [-0.05, 0) is 43.7 Å². The van der Waals surface area contributed by atoms with Crippen LogP contribution in [0.4, 0.5) is 0 Å². The highest BCUT2D eigenvalue weighted by Crippen LogP contribution is 2.21. The molecule has 4 heteroatoms. The fourth-order valence-corrected chi connectivity index (χ4v) is 2.57. The summed E-state index contributed by atoms with van der Waals surface area (Å²) in [5, 5.41) is 3.37. The third-order valence-corrected chi connectivity index (χ3v) is 4.04. The van der Waals surface area contributed by atoms with Crippen molar-refractivity contribution in [3.05, 3.63) is 46.6 Å². The van der Waals surface area contributed by atoms with Gasteiger partial charge in [-0.1, -0.05) is 48.0 Å². The average Bonchev–Trinajstić information content (AvgIpc) is 2.55. The van der Waals surface area contributed by atoms with E-state index in [1.807, 2.05) is 50.4 Å². The lowest BCUT2D eigenvalue weighted by Crippen LogP contribution is -2.31. The molecular formula is C18H26BrNO2. The molecule has 0 aliphatic carbocycles. The van der Waals surface area contributed by atoms with Crippen LogP contribution in [0.1, 0.15) is 45.1 Å². The van der Waals surface area contributed by atoms with Gasteiger partial charge in [0.15, 0.2) is 0 Å². The molecule has 1 N–H and O–H groups in total. The van der Waals surface area contributed by atoms with Gasteiger partial charge in [0.2, 0.25) is 0 Å². The zero-order valence-corrected chi connectivity index (χ0v) is 15.2. The summed E-state index contributed by atoms with van der Waals surface area (Å²) in [4.78, 5) is 11.8. The standard InChI is InChI=1S/C16H20BrNO2.C2H6/c1-12(19)16(13-2-4-14(17)5-3-13)6-9-18-15-7-10-20-11-8-15;1-2/h2-6,9,15-16,18H,7-8,10-11H2,1H3;1-2H3. The van der Waals surface area contributed by atoms with Crippen molar-refractivity contribution in [1.82, 2.24) is 5.32 Å². The zero-order valence-electron chi connectivity index (χ0n) is 13.6. The highest BCUT2D eigenvalue weighted by atomic mass is 79.9. The van der Waals surface area contributed by atoms with Gasteiger partial charge in [-0.15, -0.1) is 0 Å². The summed E-state index contributed by atoms with van der Waals surface area (Å²) in [6.45, 7) is 7.26. The third kappa shape index (κ3) is 6.32. The number of benzene rings is 1. The first kappa shape index (κ1) is 18.9. The Kier molecular flexibility index (Phi) is 9.09. The molecule has 1 aliphatic heterocycles. The van der Waals surface area contributed by atoms with Crippen LogP contribution in [0.2, 0.25) is 0 Å². The van der Waals surface area contributed by atoms with E-state index >= 15 is 0 Å². The molecule has 1 unspecified atom stereocenters. The Bertz CT molecular complexity index is 464. The number of hydrogen-bond acceptors (Lipinski definition) is 3. The van der Waals surface area contributed by atoms with Crippen molar-refractivity contribution in [1.29, 1.82) is 0 Å². The maximum absolute atomic E-state index is 11.8. The molecule has 0 aromatic heterocycles. The Morgan fingerprint density at radius 3 is 2.41 bits per heavy atom. The van der Waals surface area contributed by atoms with Crippen molar-refractivity contribution in [2.75, 3.05) is 13.2 Å². The number of hydrogen-bond donors (Lipinski definition) is 1. The molecule has 22 heavy (non-hydrogen) atoms. The highest BCUT2D eigenvalue weighted by molar-refractivity contribution is 9.10. The zero-order chi connectivity index (χ0) is 16.4. The predicted molar refractivity (Wildman–Crippen MR) is 95.0 cm³/mol. The second-order valence-electron chi connectivity index (χ2n) is 5.05. The monoisotopic (exact) mass is 367 g/mol. The number of Topliss-reactive ketones (excluding diaryl/α,β-unsaturated/α-hetero) is 1. The van der Waals surface area contributed by atoms with E-state index in [2.05, 4.69) is 21.2 Å². The Morgan fingerprint density at radius 1 is 1.27 bits per heavy atom. The molecule has 0 radical (unpaired) electrons. The average molecular weight is 368 g/mol. The summed E-state index contributed by atoms with van der Waals surface area (Å²) in [7, 11) is 0. The molecule has 2 rings (SSSR count). The molecule has 3 nitrogen and oxygen atoms in total. The Hall–Kier alpha value is -1.13. The molecule has 1 heterocycles. The van der Waals surface area contributed by atoms with Crippen molar-refractivity contribution < 1.29 is 9.53 Å². The van der Waals surface area contributed by atoms with Gasteiger partial charge in [-0.25, -0.2) is 0 Å². The third-order valence-electron chi connectivity index (χ3n) is 3.51. The number of ether oxygens (including phenoxy) is 1. The van der Waals surface area contributed by atoms with E-state index < -0.39 is 0 Å². The summed E-state index contributed by atoms with van der Waals surface area (Å²) in [5.41, 5.74) is 1.02. The van der Waals surface area contributed by atoms with E-state index in [0.717, 1.165) is 36.1 Å². The van der Waals surface area contributed by atoms with Gasteiger partial charge < -0.3 is 10.1 Å². The fourth-order valence-electron chi connectivity index (χ4n) is 2.30. The van der Waals surface area contributed by atoms with Crippen LogP contribution in [-0.4, -0.2) is 25.0 Å². The van der Waals surface area contributed by atoms with Gasteiger partial charge >= 0.3 is 0 Å². The maximum Gasteiger partial charge on any atom is 0.141 e. The second kappa shape index (κ2) is 10.6. The van der Waals surface area contributed by atoms with Crippen LogP contribution in [-0.2, 0) is 9.53 Å². The molecule has 1 fully saturated rings. The summed E-state index contributed by atoms with van der Waals surface area (Å²) < 4.78 is 6.34. The van der Waals surface area contributed by atoms with Gasteiger partial charge in [0.05, 0.1) is 5.92 Å². The Labute approximate surface area is 142 Å². The lowest BCUT2D eigenvalue weighted by molar-refractivity contribution is -0.117. The van der Waals surface area contributed by atoms with Crippen molar-refractivity contribution >= 4 is 21.7 Å². The quantitative estimate of drug-likeness (QED) is 0.836. The number of ketones is 1. The van der Waals surface area contributed by atoms with Crippen LogP contribution >= 0.6 is 15.9 Å². The molecule has 0 amide bonds. The van der Waals surface area contributed by atoms with Gasteiger partial charge in [0, 0.05) is 23.7 Å². The van der Waals surface area contributed by atoms with Gasteiger partial charge in [0.1, 0.15) is 5.78 Å². The number of halogens is 1. The summed E-state index contributed by atoms with van der Waals surface area (Å²) >= 11 is 3.41. The van der Waals surface area contributed by atoms with E-state index in [1.54, 1.807) is 6.92 Å². The minimum Gasteiger partial charge on any atom is -0.388 e. The van der Waals surface area contributed by atoms with Crippen LogP contribution in [0.3, 0.4) is 0 Å². The topological polar surface area (TPSA) is 38.3 Å². The van der Waals surface area contributed by atoms with Crippen molar-refractivity contribution in [2.24, 2.45) is 0 Å². The first-order chi connectivity index (χ1) is 10.7. The fraction of sp³-hybridized carbons (Fsp3) is 0.500. The SMILES string of the molecule is CC.CC(=O)C(C=CNC1CCOCC1)c1ccc(Br)cc1. The van der Waals surface area contributed by atoms with Crippen molar-refractivity contribution in [3.8, 4) is 0 Å². The van der Waals surface area contributed by atoms with Crippen molar-refractivity contribution in [2.45, 2.75) is 45.6 Å². The van der Waals surface area contributed by atoms with Crippen LogP contribution in [0.25, 0.3) is 0 Å². The summed E-state index contributed by atoms with van der Waals surface area (Å²) in [5.74, 6) is -0.0345. The van der Waals surface area contributed by atoms with Gasteiger partial charge in [-0.2, -0.15) is 0 Å². The van der Waals surface area contributed by atoms with E-state index in [1.165, 1.54) is 0 Å². The first-order valence-corrected chi connectivity index (χ1v) is 8.72. The summed E-state index contributed by atoms with van der Waals surface area (Å²) in [6, 6.07) is 8.34. The molecule has 1 aromatic rings. The molecule has 1 saturated heterocycles. The lowest BCUT2D eigenvalue weighted by atomic mass is 9.95. The number of allylic oxidation sites excluding steroid dienone is 1. The number of carbonyl (C=O) groups is 1. The molecule has 0 spiro atoms. The lowest BCUT2D eigenvalue weighted by Gasteiger charge is -2.22. The molecule has 122 valence electrons. The molecule has 1 atom stereocenters. The molecule has 1 aliphatic rings. The van der Waals surface area contributed by atoms with Crippen LogP contribution in [0.15, 0.2) is 41.0 Å². The van der Waals surface area contributed by atoms with E-state index in [-0.39, 0.29) is 11.7 Å². The van der Waals surface area contributed by atoms with Gasteiger partial charge in [-0.3, -0.25) is 4.79 Å². The minimum absolute atomic E-state index is 0.150. The number of rotatable bonds is 5. The predicted octanol–water partition coefficient (Wildman–Crippen LogP) is 4.43. The van der Waals surface area contributed by atoms with E-state index in [9.17, 15) is 4.79 Å². The molecule has 0 bridgehead atoms. The Balaban J connectivity index is 0.00000116. The maximum atomic E-state index is 11.8. The smallest absolute Gasteiger partial charge is 0.141 e. The summed E-state index contributed by atoms with van der Waals surface area (Å²) in [6.07, 6.45) is 5.91. The van der Waals surface area contributed by atoms with E-state index in [4.69, 9.17) is 4.74 Å². The minimum atomic E-state index is -0.185. The van der Waals surface area contributed by atoms with Crippen LogP contribution in [0.5, 0.6) is 0 Å². The van der Waals surface area contributed by atoms with Crippen molar-refractivity contribution in [3.63, 3.8) is 0 Å². The molecular weight excluding hydrogens is 342 g/mol. The largest absolute Gasteiger partial charge is 0.388 e. The molecule has 1 aromatic carbocycles. The normalized spacial score (nSPS) is 16.7.